The van der Waals surface area contributed by atoms with Gasteiger partial charge in [0, 0.05) is 51.3 Å². The van der Waals surface area contributed by atoms with E-state index in [1.807, 2.05) is 30.2 Å². The number of rotatable bonds is 5. The molecule has 0 amide bonds. The van der Waals surface area contributed by atoms with Gasteiger partial charge in [0.15, 0.2) is 5.82 Å². The molecule has 0 N–H and O–H groups in total. The third kappa shape index (κ3) is 4.26. The zero-order valence-corrected chi connectivity index (χ0v) is 17.3. The van der Waals surface area contributed by atoms with Crippen molar-refractivity contribution in [3.63, 3.8) is 0 Å². The van der Waals surface area contributed by atoms with Crippen LogP contribution in [0.3, 0.4) is 0 Å². The van der Waals surface area contributed by atoms with Crippen LogP contribution in [-0.4, -0.2) is 75.6 Å². The molecule has 1 atom stereocenters. The van der Waals surface area contributed by atoms with Gasteiger partial charge >= 0.3 is 0 Å². The first kappa shape index (κ1) is 19.5. The zero-order chi connectivity index (χ0) is 19.7. The van der Waals surface area contributed by atoms with E-state index >= 15 is 0 Å². The van der Waals surface area contributed by atoms with Gasteiger partial charge in [-0.25, -0.2) is 22.7 Å². The second kappa shape index (κ2) is 7.88. The third-order valence-electron chi connectivity index (χ3n) is 5.98. The van der Waals surface area contributed by atoms with Crippen LogP contribution in [0.15, 0.2) is 24.8 Å². The Bertz CT molecular complexity index is 903. The van der Waals surface area contributed by atoms with Crippen molar-refractivity contribution in [3.8, 4) is 11.5 Å². The fourth-order valence-corrected chi connectivity index (χ4v) is 5.26. The summed E-state index contributed by atoms with van der Waals surface area (Å²) in [6, 6.07) is 0.500. The van der Waals surface area contributed by atoms with Crippen molar-refractivity contribution in [2.75, 3.05) is 32.4 Å². The lowest BCUT2D eigenvalue weighted by molar-refractivity contribution is 0.163. The first-order valence-corrected chi connectivity index (χ1v) is 11.7. The summed E-state index contributed by atoms with van der Waals surface area (Å²) in [6.07, 6.45) is 12.6. The molecule has 0 bridgehead atoms. The minimum absolute atomic E-state index is 0.500. The van der Waals surface area contributed by atoms with Gasteiger partial charge in [-0.1, -0.05) is 0 Å². The highest BCUT2D eigenvalue weighted by molar-refractivity contribution is 7.88. The van der Waals surface area contributed by atoms with Crippen LogP contribution < -0.4 is 0 Å². The molecular formula is C19H28N6O2S. The van der Waals surface area contributed by atoms with Gasteiger partial charge < -0.3 is 4.57 Å². The molecule has 4 heterocycles. The number of hydrogen-bond donors (Lipinski definition) is 0. The van der Waals surface area contributed by atoms with E-state index in [0.29, 0.717) is 25.0 Å². The number of likely N-dealkylation sites (tertiary alicyclic amines) is 1. The van der Waals surface area contributed by atoms with Gasteiger partial charge in [-0.2, -0.15) is 0 Å². The predicted molar refractivity (Wildman–Crippen MR) is 107 cm³/mol. The van der Waals surface area contributed by atoms with E-state index in [2.05, 4.69) is 19.9 Å². The first-order chi connectivity index (χ1) is 13.4. The second-order valence-electron chi connectivity index (χ2n) is 8.00. The normalized spacial score (nSPS) is 22.7. The van der Waals surface area contributed by atoms with Crippen molar-refractivity contribution >= 4 is 10.0 Å². The van der Waals surface area contributed by atoms with Gasteiger partial charge in [0.2, 0.25) is 10.0 Å². The van der Waals surface area contributed by atoms with Crippen LogP contribution in [0, 0.1) is 5.92 Å². The Morgan fingerprint density at radius 3 is 2.46 bits per heavy atom. The van der Waals surface area contributed by atoms with E-state index in [9.17, 15) is 8.42 Å². The number of aromatic nitrogens is 4. The summed E-state index contributed by atoms with van der Waals surface area (Å²) in [5.41, 5.74) is 1.82. The molecular weight excluding hydrogens is 376 g/mol. The summed E-state index contributed by atoms with van der Waals surface area (Å²) in [5.74, 6) is 1.41. The molecule has 0 aromatic carbocycles. The average molecular weight is 405 g/mol. The molecule has 0 radical (unpaired) electrons. The number of sulfonamides is 1. The largest absolute Gasteiger partial charge is 0.333 e. The molecule has 2 fully saturated rings. The van der Waals surface area contributed by atoms with E-state index in [4.69, 9.17) is 0 Å². The SMILES string of the molecule is Cn1ccnc1-c1cnc(CC2CCN(C3CCN(S(C)(=O)=O)CC3)C2)cn1. The standard InChI is InChI=1S/C19H28N6O2S/c1-23-10-6-20-19(23)18-13-21-16(12-22-18)11-15-3-7-24(14-15)17-4-8-25(9-5-17)28(2,26)27/h6,10,12-13,15,17H,3-5,7-9,11,14H2,1-2H3. The Kier molecular flexibility index (Phi) is 5.48. The van der Waals surface area contributed by atoms with E-state index in [0.717, 1.165) is 56.0 Å². The van der Waals surface area contributed by atoms with Gasteiger partial charge in [0.1, 0.15) is 5.69 Å². The molecule has 2 aromatic rings. The van der Waals surface area contributed by atoms with Gasteiger partial charge in [0.25, 0.3) is 0 Å². The predicted octanol–water partition coefficient (Wildman–Crippen LogP) is 1.17. The number of hydrogen-bond acceptors (Lipinski definition) is 6. The van der Waals surface area contributed by atoms with Crippen LogP contribution in [0.5, 0.6) is 0 Å². The number of piperidine rings is 1. The smallest absolute Gasteiger partial charge is 0.211 e. The summed E-state index contributed by atoms with van der Waals surface area (Å²) >= 11 is 0. The molecule has 1 unspecified atom stereocenters. The maximum Gasteiger partial charge on any atom is 0.211 e. The van der Waals surface area contributed by atoms with Crippen LogP contribution in [-0.2, 0) is 23.5 Å². The van der Waals surface area contributed by atoms with Gasteiger partial charge in [-0.3, -0.25) is 9.88 Å². The quantitative estimate of drug-likeness (QED) is 0.744. The first-order valence-electron chi connectivity index (χ1n) is 9.88. The molecule has 2 saturated heterocycles. The highest BCUT2D eigenvalue weighted by Crippen LogP contribution is 2.27. The molecule has 4 rings (SSSR count). The van der Waals surface area contributed by atoms with Gasteiger partial charge in [-0.15, -0.1) is 0 Å². The van der Waals surface area contributed by atoms with Crippen molar-refractivity contribution in [1.82, 2.24) is 28.7 Å². The van der Waals surface area contributed by atoms with E-state index in [1.54, 1.807) is 10.5 Å². The molecule has 28 heavy (non-hydrogen) atoms. The molecule has 9 heteroatoms. The van der Waals surface area contributed by atoms with E-state index < -0.39 is 10.0 Å². The van der Waals surface area contributed by atoms with E-state index in [1.165, 1.54) is 6.26 Å². The zero-order valence-electron chi connectivity index (χ0n) is 16.5. The van der Waals surface area contributed by atoms with Crippen LogP contribution in [0.4, 0.5) is 0 Å². The fourth-order valence-electron chi connectivity index (χ4n) is 4.38. The van der Waals surface area contributed by atoms with Crippen molar-refractivity contribution < 1.29 is 8.42 Å². The average Bonchev–Trinajstić information content (AvgIpc) is 3.31. The minimum Gasteiger partial charge on any atom is -0.333 e. The number of imidazole rings is 1. The highest BCUT2D eigenvalue weighted by atomic mass is 32.2. The summed E-state index contributed by atoms with van der Waals surface area (Å²) in [5, 5.41) is 0. The monoisotopic (exact) mass is 404 g/mol. The molecule has 2 aromatic heterocycles. The summed E-state index contributed by atoms with van der Waals surface area (Å²) in [7, 11) is -1.10. The van der Waals surface area contributed by atoms with E-state index in [-0.39, 0.29) is 0 Å². The Morgan fingerprint density at radius 2 is 1.86 bits per heavy atom. The number of nitrogens with zero attached hydrogens (tertiary/aromatic N) is 6. The highest BCUT2D eigenvalue weighted by Gasteiger charge is 2.32. The Labute approximate surface area is 166 Å². The molecule has 2 aliphatic rings. The Morgan fingerprint density at radius 1 is 1.07 bits per heavy atom. The maximum atomic E-state index is 11.7. The van der Waals surface area contributed by atoms with Crippen LogP contribution in [0.1, 0.15) is 25.0 Å². The lowest BCUT2D eigenvalue weighted by Gasteiger charge is -2.35. The molecule has 0 saturated carbocycles. The molecule has 152 valence electrons. The van der Waals surface area contributed by atoms with Crippen molar-refractivity contribution in [3.05, 3.63) is 30.5 Å². The summed E-state index contributed by atoms with van der Waals surface area (Å²) < 4.78 is 26.9. The molecule has 8 nitrogen and oxygen atoms in total. The van der Waals surface area contributed by atoms with Crippen molar-refractivity contribution in [1.29, 1.82) is 0 Å². The van der Waals surface area contributed by atoms with Crippen molar-refractivity contribution in [2.24, 2.45) is 13.0 Å². The van der Waals surface area contributed by atoms with Gasteiger partial charge in [-0.05, 0) is 38.1 Å². The molecule has 0 aliphatic carbocycles. The van der Waals surface area contributed by atoms with Gasteiger partial charge in [0.05, 0.1) is 18.1 Å². The maximum absolute atomic E-state index is 11.7. The second-order valence-corrected chi connectivity index (χ2v) is 9.98. The summed E-state index contributed by atoms with van der Waals surface area (Å²) in [4.78, 5) is 16.0. The van der Waals surface area contributed by atoms with Crippen molar-refractivity contribution in [2.45, 2.75) is 31.7 Å². The summed E-state index contributed by atoms with van der Waals surface area (Å²) in [6.45, 7) is 3.44. The van der Waals surface area contributed by atoms with Crippen LogP contribution in [0.25, 0.3) is 11.5 Å². The third-order valence-corrected chi connectivity index (χ3v) is 7.28. The Balaban J connectivity index is 1.30. The fraction of sp³-hybridized carbons (Fsp3) is 0.632. The van der Waals surface area contributed by atoms with Crippen LogP contribution >= 0.6 is 0 Å². The number of aryl methyl sites for hydroxylation is 1. The minimum atomic E-state index is -3.05. The molecule has 2 aliphatic heterocycles. The molecule has 0 spiro atoms. The lowest BCUT2D eigenvalue weighted by atomic mass is 10.0. The topological polar surface area (TPSA) is 84.2 Å². The lowest BCUT2D eigenvalue weighted by Crippen LogP contribution is -2.45. The Hall–Kier alpha value is -1.84. The van der Waals surface area contributed by atoms with Crippen LogP contribution in [0.2, 0.25) is 0 Å².